The summed E-state index contributed by atoms with van der Waals surface area (Å²) in [4.78, 5) is 34.8. The van der Waals surface area contributed by atoms with Gasteiger partial charge in [0.05, 0.1) is 17.3 Å². The van der Waals surface area contributed by atoms with Gasteiger partial charge in [0.15, 0.2) is 0 Å². The number of pyridine rings is 1. The maximum Gasteiger partial charge on any atom is 0.259 e. The molecule has 2 aromatic rings. The van der Waals surface area contributed by atoms with Gasteiger partial charge >= 0.3 is 0 Å². The number of carbonyl (C=O) groups is 2. The Morgan fingerprint density at radius 3 is 2.57 bits per heavy atom. The molecule has 2 aliphatic heterocycles. The van der Waals surface area contributed by atoms with Gasteiger partial charge in [0.2, 0.25) is 5.91 Å². The van der Waals surface area contributed by atoms with Crippen LogP contribution >= 0.6 is 0 Å². The fourth-order valence-electron chi connectivity index (χ4n) is 6.39. The normalized spacial score (nSPS) is 21.0. The highest BCUT2D eigenvalue weighted by Crippen LogP contribution is 2.32. The van der Waals surface area contributed by atoms with Crippen molar-refractivity contribution in [3.8, 4) is 0 Å². The van der Waals surface area contributed by atoms with E-state index in [-0.39, 0.29) is 17.9 Å². The highest BCUT2D eigenvalue weighted by atomic mass is 16.2. The maximum absolute atomic E-state index is 13.2. The summed E-state index contributed by atoms with van der Waals surface area (Å²) in [6, 6.07) is 12.3. The fourth-order valence-corrected chi connectivity index (χ4v) is 6.39. The smallest absolute Gasteiger partial charge is 0.259 e. The van der Waals surface area contributed by atoms with Gasteiger partial charge in [-0.3, -0.25) is 19.5 Å². The molecule has 1 saturated heterocycles. The summed E-state index contributed by atoms with van der Waals surface area (Å²) in [5.41, 5.74) is 5.01. The Hall–Kier alpha value is -2.99. The van der Waals surface area contributed by atoms with E-state index in [9.17, 15) is 9.59 Å². The van der Waals surface area contributed by atoms with Crippen LogP contribution in [0.4, 0.5) is 0 Å². The molecule has 1 aliphatic carbocycles. The van der Waals surface area contributed by atoms with Crippen LogP contribution in [-0.4, -0.2) is 52.8 Å². The van der Waals surface area contributed by atoms with Crippen LogP contribution in [0.1, 0.15) is 78.2 Å². The minimum absolute atomic E-state index is 0.0290. The first kappa shape index (κ1) is 25.7. The molecule has 2 amide bonds. The predicted molar refractivity (Wildman–Crippen MR) is 146 cm³/mol. The minimum atomic E-state index is 0.0290. The van der Waals surface area contributed by atoms with Crippen LogP contribution in [0.25, 0.3) is 0 Å². The van der Waals surface area contributed by atoms with Crippen molar-refractivity contribution in [2.45, 2.75) is 64.8 Å². The van der Waals surface area contributed by atoms with E-state index in [2.05, 4.69) is 45.7 Å². The Kier molecular flexibility index (Phi) is 8.04. The number of aryl methyl sites for hydroxylation is 2. The number of hydrogen-bond donors (Lipinski definition) is 1. The summed E-state index contributed by atoms with van der Waals surface area (Å²) in [7, 11) is 0. The molecule has 5 rings (SSSR count). The molecule has 6 nitrogen and oxygen atoms in total. The van der Waals surface area contributed by atoms with Crippen LogP contribution in [0, 0.1) is 25.7 Å². The Morgan fingerprint density at radius 2 is 1.84 bits per heavy atom. The topological polar surface area (TPSA) is 65.5 Å². The number of nitrogens with zero attached hydrogens (tertiary/aromatic N) is 3. The van der Waals surface area contributed by atoms with Crippen molar-refractivity contribution in [3.05, 3.63) is 76.8 Å². The summed E-state index contributed by atoms with van der Waals surface area (Å²) >= 11 is 0. The second-order valence-electron chi connectivity index (χ2n) is 11.2. The summed E-state index contributed by atoms with van der Waals surface area (Å²) in [6.07, 6.45) is 11.6. The summed E-state index contributed by atoms with van der Waals surface area (Å²) in [6.45, 7) is 7.38. The zero-order chi connectivity index (χ0) is 25.8. The largest absolute Gasteiger partial charge is 0.349 e. The Balaban J connectivity index is 1.18. The second-order valence-corrected chi connectivity index (χ2v) is 11.2. The average molecular weight is 501 g/mol. The molecule has 37 heavy (non-hydrogen) atoms. The van der Waals surface area contributed by atoms with E-state index in [1.165, 1.54) is 43.2 Å². The number of rotatable bonds is 8. The minimum Gasteiger partial charge on any atom is -0.349 e. The van der Waals surface area contributed by atoms with Gasteiger partial charge in [-0.25, -0.2) is 0 Å². The predicted octanol–water partition coefficient (Wildman–Crippen LogP) is 5.19. The number of hydrogen-bond acceptors (Lipinski definition) is 4. The molecule has 0 spiro atoms. The van der Waals surface area contributed by atoms with Crippen LogP contribution in [0.5, 0.6) is 0 Å². The first-order chi connectivity index (χ1) is 18.0. The highest BCUT2D eigenvalue weighted by Gasteiger charge is 2.36. The number of nitrogens with one attached hydrogen (secondary N) is 1. The third-order valence-corrected chi connectivity index (χ3v) is 8.44. The molecule has 1 unspecified atom stereocenters. The molecule has 0 radical (unpaired) electrons. The van der Waals surface area contributed by atoms with Gasteiger partial charge in [-0.15, -0.1) is 0 Å². The summed E-state index contributed by atoms with van der Waals surface area (Å²) < 4.78 is 0. The number of likely N-dealkylation sites (tertiary alicyclic amines) is 1. The van der Waals surface area contributed by atoms with Gasteiger partial charge in [-0.2, -0.15) is 0 Å². The first-order valence-electron chi connectivity index (χ1n) is 14.0. The second kappa shape index (κ2) is 11.6. The Labute approximate surface area is 221 Å². The van der Waals surface area contributed by atoms with Crippen molar-refractivity contribution in [2.24, 2.45) is 11.8 Å². The zero-order valence-corrected chi connectivity index (χ0v) is 22.3. The lowest BCUT2D eigenvalue weighted by molar-refractivity contribution is -0.123. The number of benzene rings is 1. The van der Waals surface area contributed by atoms with Crippen LogP contribution in [0.3, 0.4) is 0 Å². The lowest BCUT2D eigenvalue weighted by Gasteiger charge is -2.26. The van der Waals surface area contributed by atoms with Crippen molar-refractivity contribution in [3.63, 3.8) is 0 Å². The standard InChI is InChI=1S/C31H40N4O2/c1-22-13-15-32-23(2)30(22)31(37)35-20-26-18-34(19-27(26)21-35)16-14-28(25-11-7-4-8-12-25)33-29(36)17-24-9-5-3-6-10-24/h4,7-8,11-13,15,20,24,27-28H,3,5-6,9-10,14,16-19,21H2,1-2H3,(H,33,36)/t27?,28-/m0/s1. The molecule has 6 heteroatoms. The third-order valence-electron chi connectivity index (χ3n) is 8.44. The number of aromatic nitrogens is 1. The Morgan fingerprint density at radius 1 is 1.05 bits per heavy atom. The quantitative estimate of drug-likeness (QED) is 0.542. The van der Waals surface area contributed by atoms with E-state index < -0.39 is 0 Å². The molecule has 1 aromatic carbocycles. The highest BCUT2D eigenvalue weighted by molar-refractivity contribution is 5.97. The summed E-state index contributed by atoms with van der Waals surface area (Å²) in [5, 5.41) is 3.37. The molecule has 3 aliphatic rings. The molecule has 2 fully saturated rings. The van der Waals surface area contributed by atoms with Crippen molar-refractivity contribution in [1.82, 2.24) is 20.1 Å². The number of amides is 2. The fraction of sp³-hybridized carbons (Fsp3) is 0.516. The Bertz CT molecular complexity index is 1120. The van der Waals surface area contributed by atoms with E-state index in [1.54, 1.807) is 6.20 Å². The number of carbonyl (C=O) groups excluding carboxylic acids is 2. The third kappa shape index (κ3) is 6.12. The lowest BCUT2D eigenvalue weighted by atomic mass is 9.86. The van der Waals surface area contributed by atoms with E-state index in [0.29, 0.717) is 18.3 Å². The zero-order valence-electron chi connectivity index (χ0n) is 22.3. The molecule has 196 valence electrons. The molecule has 3 heterocycles. The van der Waals surface area contributed by atoms with Gasteiger partial charge in [-0.05, 0) is 61.8 Å². The van der Waals surface area contributed by atoms with Crippen LogP contribution in [0.2, 0.25) is 0 Å². The maximum atomic E-state index is 13.2. The lowest BCUT2D eigenvalue weighted by Crippen LogP contribution is -2.34. The van der Waals surface area contributed by atoms with E-state index >= 15 is 0 Å². The van der Waals surface area contributed by atoms with Gasteiger partial charge in [0.1, 0.15) is 0 Å². The summed E-state index contributed by atoms with van der Waals surface area (Å²) in [5.74, 6) is 1.18. The van der Waals surface area contributed by atoms with Crippen molar-refractivity contribution >= 4 is 11.8 Å². The molecule has 1 aromatic heterocycles. The molecular formula is C31H40N4O2. The van der Waals surface area contributed by atoms with Crippen LogP contribution in [0.15, 0.2) is 54.4 Å². The van der Waals surface area contributed by atoms with Crippen molar-refractivity contribution in [1.29, 1.82) is 0 Å². The van der Waals surface area contributed by atoms with Crippen LogP contribution < -0.4 is 5.32 Å². The number of fused-ring (bicyclic) bond motifs is 1. The molecule has 1 N–H and O–H groups in total. The van der Waals surface area contributed by atoms with Gasteiger partial charge < -0.3 is 10.2 Å². The van der Waals surface area contributed by atoms with Crippen LogP contribution in [-0.2, 0) is 4.79 Å². The first-order valence-corrected chi connectivity index (χ1v) is 14.0. The van der Waals surface area contributed by atoms with E-state index in [4.69, 9.17) is 0 Å². The van der Waals surface area contributed by atoms with Gasteiger partial charge in [-0.1, -0.05) is 49.6 Å². The van der Waals surface area contributed by atoms with Gasteiger partial charge in [0, 0.05) is 50.9 Å². The molecule has 2 atom stereocenters. The van der Waals surface area contributed by atoms with Crippen molar-refractivity contribution < 1.29 is 9.59 Å². The monoisotopic (exact) mass is 500 g/mol. The van der Waals surface area contributed by atoms with Gasteiger partial charge in [0.25, 0.3) is 5.91 Å². The molecular weight excluding hydrogens is 460 g/mol. The average Bonchev–Trinajstić information content (AvgIpc) is 3.47. The molecule has 0 bridgehead atoms. The van der Waals surface area contributed by atoms with Crippen molar-refractivity contribution in [2.75, 3.05) is 26.2 Å². The SMILES string of the molecule is Cc1ccnc(C)c1C(=O)N1C=C2CN(CC[C@H](NC(=O)CC3CCCCC3)c3ccccc3)CC2C1. The van der Waals surface area contributed by atoms with E-state index in [1.807, 2.05) is 30.9 Å². The van der Waals surface area contributed by atoms with E-state index in [0.717, 1.165) is 49.4 Å². The molecule has 1 saturated carbocycles.